The molecule has 0 saturated carbocycles. The Morgan fingerprint density at radius 2 is 1.83 bits per heavy atom. The Morgan fingerprint density at radius 1 is 1.14 bits per heavy atom. The molecule has 2 aromatic rings. The molecule has 0 aromatic carbocycles. The van der Waals surface area contributed by atoms with Gasteiger partial charge in [-0.1, -0.05) is 32.1 Å². The van der Waals surface area contributed by atoms with E-state index >= 15 is 0 Å². The van der Waals surface area contributed by atoms with E-state index in [0.717, 1.165) is 35.9 Å². The van der Waals surface area contributed by atoms with Crippen LogP contribution in [0.1, 0.15) is 66.0 Å². The molecule has 1 N–H and O–H groups in total. The van der Waals surface area contributed by atoms with Crippen LogP contribution in [0.2, 0.25) is 0 Å². The Bertz CT molecular complexity index is 1060. The summed E-state index contributed by atoms with van der Waals surface area (Å²) in [6, 6.07) is 0.350. The van der Waals surface area contributed by atoms with Gasteiger partial charge in [0.1, 0.15) is 11.4 Å². The molecule has 2 amide bonds. The molecule has 2 aliphatic heterocycles. The highest BCUT2D eigenvalue weighted by Gasteiger charge is 2.39. The zero-order valence-corrected chi connectivity index (χ0v) is 23.6. The minimum atomic E-state index is -0.475. The number of ether oxygens (including phenoxy) is 1. The molecule has 9 nitrogen and oxygen atoms in total. The van der Waals surface area contributed by atoms with E-state index in [1.165, 1.54) is 11.3 Å². The first-order valence-corrected chi connectivity index (χ1v) is 14.2. The van der Waals surface area contributed by atoms with E-state index in [1.807, 2.05) is 20.8 Å². The topological polar surface area (TPSA) is 101 Å². The molecule has 0 radical (unpaired) electrons. The van der Waals surface area contributed by atoms with Gasteiger partial charge in [-0.2, -0.15) is 0 Å². The van der Waals surface area contributed by atoms with Crippen LogP contribution in [0.4, 0.5) is 9.93 Å². The average molecular weight is 536 g/mol. The molecule has 0 unspecified atom stereocenters. The van der Waals surface area contributed by atoms with Gasteiger partial charge in [-0.25, -0.2) is 14.8 Å². The fraction of sp³-hybridized carbons (Fsp3) is 0.680. The third kappa shape index (κ3) is 7.01. The highest BCUT2D eigenvalue weighted by atomic mass is 32.2. The first-order valence-electron chi connectivity index (χ1n) is 12.4. The molecule has 0 bridgehead atoms. The minimum absolute atomic E-state index is 0.0218. The van der Waals surface area contributed by atoms with Crippen LogP contribution in [0, 0.1) is 5.92 Å². The number of likely N-dealkylation sites (tertiary alicyclic amines) is 2. The van der Waals surface area contributed by atoms with Crippen molar-refractivity contribution in [2.24, 2.45) is 5.92 Å². The molecule has 2 aromatic heterocycles. The summed E-state index contributed by atoms with van der Waals surface area (Å²) >= 11 is 3.08. The molecule has 11 heteroatoms. The van der Waals surface area contributed by atoms with Crippen molar-refractivity contribution in [3.63, 3.8) is 0 Å². The summed E-state index contributed by atoms with van der Waals surface area (Å²) < 4.78 is 12.3. The number of piperidine rings is 1. The van der Waals surface area contributed by atoms with Crippen LogP contribution in [0.5, 0.6) is 0 Å². The van der Waals surface area contributed by atoms with E-state index in [2.05, 4.69) is 41.0 Å². The van der Waals surface area contributed by atoms with E-state index in [9.17, 15) is 9.59 Å². The Morgan fingerprint density at radius 3 is 2.44 bits per heavy atom. The molecule has 36 heavy (non-hydrogen) atoms. The number of thioether (sulfide) groups is 1. The molecule has 2 aliphatic rings. The second-order valence-electron chi connectivity index (χ2n) is 11.5. The summed E-state index contributed by atoms with van der Waals surface area (Å²) in [5.41, 5.74) is -0.538. The fourth-order valence-electron chi connectivity index (χ4n) is 4.14. The smallest absolute Gasteiger partial charge is 0.410 e. The number of amides is 2. The minimum Gasteiger partial charge on any atom is -0.444 e. The predicted octanol–water partition coefficient (Wildman–Crippen LogP) is 4.99. The number of anilines is 1. The van der Waals surface area contributed by atoms with Crippen molar-refractivity contribution in [2.45, 2.75) is 81.4 Å². The summed E-state index contributed by atoms with van der Waals surface area (Å²) in [6.07, 6.45) is 4.95. The van der Waals surface area contributed by atoms with Crippen LogP contribution in [0.25, 0.3) is 0 Å². The number of thiazole rings is 1. The maximum absolute atomic E-state index is 12.8. The predicted molar refractivity (Wildman–Crippen MR) is 141 cm³/mol. The average Bonchev–Trinajstić information content (AvgIpc) is 3.39. The maximum atomic E-state index is 12.8. The lowest BCUT2D eigenvalue weighted by Gasteiger charge is -2.47. The molecule has 4 heterocycles. The Balaban J connectivity index is 1.17. The highest BCUT2D eigenvalue weighted by Crippen LogP contribution is 2.32. The normalized spacial score (nSPS) is 18.2. The van der Waals surface area contributed by atoms with Crippen molar-refractivity contribution < 1.29 is 18.7 Å². The molecular weight excluding hydrogens is 498 g/mol. The molecule has 0 atom stereocenters. The van der Waals surface area contributed by atoms with Crippen molar-refractivity contribution in [1.82, 2.24) is 19.8 Å². The summed E-state index contributed by atoms with van der Waals surface area (Å²) in [5, 5.41) is 3.62. The van der Waals surface area contributed by atoms with Gasteiger partial charge in [0.15, 0.2) is 5.13 Å². The first kappa shape index (κ1) is 26.9. The van der Waals surface area contributed by atoms with Gasteiger partial charge in [0.05, 0.1) is 22.4 Å². The molecule has 0 spiro atoms. The third-order valence-corrected chi connectivity index (χ3v) is 8.37. The van der Waals surface area contributed by atoms with E-state index in [1.54, 1.807) is 29.1 Å². The number of nitrogens with one attached hydrogen (secondary N) is 1. The number of rotatable bonds is 6. The monoisotopic (exact) mass is 535 g/mol. The molecular formula is C25H37N5O4S2. The molecule has 4 rings (SSSR count). The Hall–Kier alpha value is -2.11. The van der Waals surface area contributed by atoms with Crippen LogP contribution in [-0.4, -0.2) is 69.6 Å². The molecule has 0 aliphatic carbocycles. The first-order chi connectivity index (χ1) is 16.9. The zero-order chi connectivity index (χ0) is 26.1. The van der Waals surface area contributed by atoms with Crippen molar-refractivity contribution in [1.29, 1.82) is 0 Å². The van der Waals surface area contributed by atoms with Crippen LogP contribution in [0.15, 0.2) is 21.0 Å². The van der Waals surface area contributed by atoms with E-state index in [0.29, 0.717) is 35.9 Å². The second-order valence-corrected chi connectivity index (χ2v) is 13.8. The summed E-state index contributed by atoms with van der Waals surface area (Å²) in [4.78, 5) is 37.9. The summed E-state index contributed by atoms with van der Waals surface area (Å²) in [6.45, 7) is 15.0. The third-order valence-electron chi connectivity index (χ3n) is 6.28. The van der Waals surface area contributed by atoms with Crippen LogP contribution in [-0.2, 0) is 20.7 Å². The van der Waals surface area contributed by atoms with Gasteiger partial charge in [0.2, 0.25) is 11.8 Å². The second kappa shape index (κ2) is 10.7. The van der Waals surface area contributed by atoms with Gasteiger partial charge in [-0.05, 0) is 46.7 Å². The van der Waals surface area contributed by atoms with E-state index < -0.39 is 5.60 Å². The van der Waals surface area contributed by atoms with Crippen LogP contribution < -0.4 is 5.32 Å². The quantitative estimate of drug-likeness (QED) is 0.516. The fourth-order valence-corrected chi connectivity index (χ4v) is 5.87. The van der Waals surface area contributed by atoms with Gasteiger partial charge in [0, 0.05) is 30.5 Å². The highest BCUT2D eigenvalue weighted by molar-refractivity contribution is 8.00. The van der Waals surface area contributed by atoms with Crippen LogP contribution in [0.3, 0.4) is 0 Å². The van der Waals surface area contributed by atoms with Gasteiger partial charge in [0.25, 0.3) is 0 Å². The number of nitrogens with zero attached hydrogens (tertiary/aromatic N) is 4. The summed E-state index contributed by atoms with van der Waals surface area (Å²) in [5.74, 6) is 2.20. The molecule has 198 valence electrons. The Kier molecular flexibility index (Phi) is 8.01. The number of carbonyl (C=O) groups excluding carboxylic acids is 2. The maximum Gasteiger partial charge on any atom is 0.410 e. The largest absolute Gasteiger partial charge is 0.444 e. The van der Waals surface area contributed by atoms with E-state index in [4.69, 9.17) is 9.15 Å². The summed E-state index contributed by atoms with van der Waals surface area (Å²) in [7, 11) is 0. The van der Waals surface area contributed by atoms with Crippen molar-refractivity contribution >= 4 is 40.2 Å². The number of carbonyl (C=O) groups is 2. The number of hydrogen-bond donors (Lipinski definition) is 1. The number of hydrogen-bond acceptors (Lipinski definition) is 9. The standard InChI is InChI=1S/C25H37N5O4S2/c1-24(2,3)18-11-26-19(33-18)15-35-20-12-27-22(36-20)28-21(31)16-7-9-29(10-8-16)17-13-30(14-17)23(32)34-25(4,5)6/h11-12,16-17H,7-10,13-15H2,1-6H3,(H,27,28,31). The van der Waals surface area contributed by atoms with Gasteiger partial charge in [-0.3, -0.25) is 9.69 Å². The Labute approximate surface area is 221 Å². The van der Waals surface area contributed by atoms with Gasteiger partial charge >= 0.3 is 6.09 Å². The van der Waals surface area contributed by atoms with Gasteiger partial charge < -0.3 is 19.4 Å². The van der Waals surface area contributed by atoms with Gasteiger partial charge in [-0.15, -0.1) is 11.8 Å². The van der Waals surface area contributed by atoms with Crippen molar-refractivity contribution in [3.05, 3.63) is 24.0 Å². The number of aromatic nitrogens is 2. The SMILES string of the molecule is CC(C)(C)OC(=O)N1CC(N2CCC(C(=O)Nc3ncc(SCc4ncc(C(C)(C)C)o4)s3)CC2)C1. The van der Waals surface area contributed by atoms with Crippen LogP contribution >= 0.6 is 23.1 Å². The molecule has 2 saturated heterocycles. The lowest BCUT2D eigenvalue weighted by Crippen LogP contribution is -2.62. The zero-order valence-electron chi connectivity index (χ0n) is 22.0. The molecule has 2 fully saturated rings. The lowest BCUT2D eigenvalue weighted by atomic mass is 9.93. The van der Waals surface area contributed by atoms with E-state index in [-0.39, 0.29) is 23.3 Å². The van der Waals surface area contributed by atoms with Crippen molar-refractivity contribution in [2.75, 3.05) is 31.5 Å². The number of oxazole rings is 1. The lowest BCUT2D eigenvalue weighted by molar-refractivity contribution is -0.121. The van der Waals surface area contributed by atoms with Crippen molar-refractivity contribution in [3.8, 4) is 0 Å².